The zero-order valence-electron chi connectivity index (χ0n) is 14.6. The Morgan fingerprint density at radius 3 is 2.71 bits per heavy atom. The molecule has 24 heavy (non-hydrogen) atoms. The van der Waals surface area contributed by atoms with Crippen LogP contribution in [0.2, 0.25) is 0 Å². The minimum absolute atomic E-state index is 0.0360. The van der Waals surface area contributed by atoms with E-state index < -0.39 is 0 Å². The molecule has 1 N–H and O–H groups in total. The number of hydrogen-bond acceptors (Lipinski definition) is 2. The van der Waals surface area contributed by atoms with Gasteiger partial charge in [0.1, 0.15) is 5.82 Å². The summed E-state index contributed by atoms with van der Waals surface area (Å²) in [5, 5.41) is 2.97. The Hall–Kier alpha value is -1.91. The number of hydrogen-bond donors (Lipinski definition) is 1. The summed E-state index contributed by atoms with van der Waals surface area (Å²) in [5.74, 6) is 0.461. The van der Waals surface area contributed by atoms with Gasteiger partial charge in [-0.3, -0.25) is 9.59 Å². The zero-order valence-corrected chi connectivity index (χ0v) is 14.6. The molecule has 0 radical (unpaired) electrons. The second-order valence-corrected chi connectivity index (χ2v) is 6.97. The van der Waals surface area contributed by atoms with Crippen LogP contribution in [0.25, 0.3) is 0 Å². The maximum Gasteiger partial charge on any atom is 0.224 e. The first-order chi connectivity index (χ1) is 11.4. The molecular weight excluding hydrogens is 307 g/mol. The highest BCUT2D eigenvalue weighted by atomic mass is 19.1. The molecule has 1 fully saturated rings. The van der Waals surface area contributed by atoms with Crippen LogP contribution in [-0.2, 0) is 16.0 Å². The van der Waals surface area contributed by atoms with E-state index in [4.69, 9.17) is 0 Å². The quantitative estimate of drug-likeness (QED) is 0.795. The second-order valence-electron chi connectivity index (χ2n) is 6.97. The van der Waals surface area contributed by atoms with E-state index in [-0.39, 0.29) is 23.7 Å². The third-order valence-electron chi connectivity index (χ3n) is 4.35. The summed E-state index contributed by atoms with van der Waals surface area (Å²) in [4.78, 5) is 25.8. The van der Waals surface area contributed by atoms with Crippen LogP contribution >= 0.6 is 0 Å². The molecule has 1 heterocycles. The minimum Gasteiger partial charge on any atom is -0.351 e. The van der Waals surface area contributed by atoms with Crippen LogP contribution in [0.4, 0.5) is 4.39 Å². The highest BCUT2D eigenvalue weighted by molar-refractivity contribution is 5.82. The predicted molar refractivity (Wildman–Crippen MR) is 91.9 cm³/mol. The first kappa shape index (κ1) is 18.4. The lowest BCUT2D eigenvalue weighted by molar-refractivity contribution is -0.127. The lowest BCUT2D eigenvalue weighted by Crippen LogP contribution is -2.37. The van der Waals surface area contributed by atoms with Crippen molar-refractivity contribution >= 4 is 11.8 Å². The Morgan fingerprint density at radius 2 is 2.04 bits per heavy atom. The lowest BCUT2D eigenvalue weighted by atomic mass is 10.1. The molecule has 1 atom stereocenters. The van der Waals surface area contributed by atoms with Crippen molar-refractivity contribution in [1.82, 2.24) is 10.2 Å². The van der Waals surface area contributed by atoms with Crippen molar-refractivity contribution in [2.75, 3.05) is 13.1 Å². The smallest absolute Gasteiger partial charge is 0.224 e. The molecule has 1 aromatic carbocycles. The summed E-state index contributed by atoms with van der Waals surface area (Å²) in [6, 6.07) is 6.26. The SMILES string of the molecule is CC(C)CCCC(=O)NC1CC(=O)N(CCc2ccc(F)cc2)C1. The molecule has 1 aromatic rings. The number of amides is 2. The fraction of sp³-hybridized carbons (Fsp3) is 0.579. The molecule has 1 aliphatic rings. The molecule has 0 bridgehead atoms. The minimum atomic E-state index is -0.253. The Balaban J connectivity index is 1.72. The Kier molecular flexibility index (Phi) is 6.76. The van der Waals surface area contributed by atoms with E-state index in [1.165, 1.54) is 12.1 Å². The number of rotatable bonds is 8. The molecular formula is C19H27FN2O2. The van der Waals surface area contributed by atoms with Crippen LogP contribution in [0.5, 0.6) is 0 Å². The first-order valence-electron chi connectivity index (χ1n) is 8.75. The van der Waals surface area contributed by atoms with Gasteiger partial charge in [0.15, 0.2) is 0 Å². The van der Waals surface area contributed by atoms with Crippen LogP contribution < -0.4 is 5.32 Å². The number of carbonyl (C=O) groups is 2. The molecule has 2 amide bonds. The Morgan fingerprint density at radius 1 is 1.33 bits per heavy atom. The van der Waals surface area contributed by atoms with Gasteiger partial charge < -0.3 is 10.2 Å². The van der Waals surface area contributed by atoms with Gasteiger partial charge in [0.2, 0.25) is 11.8 Å². The van der Waals surface area contributed by atoms with Crippen LogP contribution in [0.1, 0.15) is 45.1 Å². The van der Waals surface area contributed by atoms with Gasteiger partial charge in [0, 0.05) is 25.9 Å². The maximum atomic E-state index is 12.9. The summed E-state index contributed by atoms with van der Waals surface area (Å²) in [6.07, 6.45) is 3.53. The van der Waals surface area contributed by atoms with E-state index in [1.807, 2.05) is 0 Å². The molecule has 5 heteroatoms. The topological polar surface area (TPSA) is 49.4 Å². The van der Waals surface area contributed by atoms with E-state index in [9.17, 15) is 14.0 Å². The first-order valence-corrected chi connectivity index (χ1v) is 8.75. The average molecular weight is 334 g/mol. The van der Waals surface area contributed by atoms with Gasteiger partial charge in [-0.15, -0.1) is 0 Å². The van der Waals surface area contributed by atoms with Crippen molar-refractivity contribution in [3.8, 4) is 0 Å². The molecule has 4 nitrogen and oxygen atoms in total. The Bertz CT molecular complexity index is 557. The van der Waals surface area contributed by atoms with E-state index in [0.717, 1.165) is 18.4 Å². The van der Waals surface area contributed by atoms with Crippen molar-refractivity contribution in [2.24, 2.45) is 5.92 Å². The monoisotopic (exact) mass is 334 g/mol. The largest absolute Gasteiger partial charge is 0.351 e. The molecule has 1 saturated heterocycles. The van der Waals surface area contributed by atoms with Crippen LogP contribution in [-0.4, -0.2) is 35.8 Å². The molecule has 2 rings (SSSR count). The van der Waals surface area contributed by atoms with E-state index in [2.05, 4.69) is 19.2 Å². The fourth-order valence-electron chi connectivity index (χ4n) is 2.97. The molecule has 1 unspecified atom stereocenters. The van der Waals surface area contributed by atoms with Gasteiger partial charge in [0.25, 0.3) is 0 Å². The van der Waals surface area contributed by atoms with Gasteiger partial charge in [-0.05, 0) is 36.5 Å². The van der Waals surface area contributed by atoms with E-state index in [0.29, 0.717) is 38.3 Å². The third-order valence-corrected chi connectivity index (χ3v) is 4.35. The number of likely N-dealkylation sites (tertiary alicyclic amines) is 1. The third kappa shape index (κ3) is 5.95. The van der Waals surface area contributed by atoms with E-state index in [1.54, 1.807) is 17.0 Å². The van der Waals surface area contributed by atoms with Gasteiger partial charge in [-0.1, -0.05) is 32.4 Å². The zero-order chi connectivity index (χ0) is 17.5. The molecule has 0 aromatic heterocycles. The standard InChI is InChI=1S/C19H27FN2O2/c1-14(2)4-3-5-18(23)21-17-12-19(24)22(13-17)11-10-15-6-8-16(20)9-7-15/h6-9,14,17H,3-5,10-13H2,1-2H3,(H,21,23). The molecule has 0 spiro atoms. The summed E-state index contributed by atoms with van der Waals surface area (Å²) in [7, 11) is 0. The lowest BCUT2D eigenvalue weighted by Gasteiger charge is -2.17. The molecule has 132 valence electrons. The highest BCUT2D eigenvalue weighted by Crippen LogP contribution is 2.14. The van der Waals surface area contributed by atoms with Crippen molar-refractivity contribution in [3.05, 3.63) is 35.6 Å². The van der Waals surface area contributed by atoms with Crippen molar-refractivity contribution < 1.29 is 14.0 Å². The van der Waals surface area contributed by atoms with E-state index >= 15 is 0 Å². The van der Waals surface area contributed by atoms with Crippen LogP contribution in [0, 0.1) is 11.7 Å². The van der Waals surface area contributed by atoms with Crippen molar-refractivity contribution in [1.29, 1.82) is 0 Å². The van der Waals surface area contributed by atoms with Crippen molar-refractivity contribution in [2.45, 2.75) is 52.0 Å². The van der Waals surface area contributed by atoms with Gasteiger partial charge in [0.05, 0.1) is 6.04 Å². The summed E-state index contributed by atoms with van der Waals surface area (Å²) in [6.45, 7) is 5.46. The summed E-state index contributed by atoms with van der Waals surface area (Å²) in [5.41, 5.74) is 1.00. The number of benzene rings is 1. The number of nitrogens with one attached hydrogen (secondary N) is 1. The maximum absolute atomic E-state index is 12.9. The second kappa shape index (κ2) is 8.81. The average Bonchev–Trinajstić information content (AvgIpc) is 2.86. The van der Waals surface area contributed by atoms with Crippen LogP contribution in [0.3, 0.4) is 0 Å². The van der Waals surface area contributed by atoms with Gasteiger partial charge in [-0.25, -0.2) is 4.39 Å². The molecule has 0 saturated carbocycles. The summed E-state index contributed by atoms with van der Waals surface area (Å²) >= 11 is 0. The fourth-order valence-corrected chi connectivity index (χ4v) is 2.97. The summed E-state index contributed by atoms with van der Waals surface area (Å²) < 4.78 is 12.9. The van der Waals surface area contributed by atoms with Crippen LogP contribution in [0.15, 0.2) is 24.3 Å². The normalized spacial score (nSPS) is 17.6. The number of carbonyl (C=O) groups excluding carboxylic acids is 2. The van der Waals surface area contributed by atoms with Gasteiger partial charge >= 0.3 is 0 Å². The highest BCUT2D eigenvalue weighted by Gasteiger charge is 2.29. The molecule has 1 aliphatic heterocycles. The number of halogens is 1. The predicted octanol–water partition coefficient (Wildman–Crippen LogP) is 2.91. The van der Waals surface area contributed by atoms with Crippen molar-refractivity contribution in [3.63, 3.8) is 0 Å². The number of nitrogens with zero attached hydrogens (tertiary/aromatic N) is 1. The van der Waals surface area contributed by atoms with Gasteiger partial charge in [-0.2, -0.15) is 0 Å². The molecule has 0 aliphatic carbocycles. The Labute approximate surface area is 143 Å².